The van der Waals surface area contributed by atoms with E-state index in [1.54, 1.807) is 13.1 Å². The van der Waals surface area contributed by atoms with Gasteiger partial charge < -0.3 is 5.73 Å². The van der Waals surface area contributed by atoms with Crippen molar-refractivity contribution in [2.45, 2.75) is 12.8 Å². The summed E-state index contributed by atoms with van der Waals surface area (Å²) >= 11 is 0. The van der Waals surface area contributed by atoms with Crippen LogP contribution in [0.1, 0.15) is 18.4 Å². The first kappa shape index (κ1) is 13.0. The molecule has 5 heteroatoms. The number of benzene rings is 1. The Hall–Kier alpha value is -1.07. The Morgan fingerprint density at radius 2 is 2.06 bits per heavy atom. The van der Waals surface area contributed by atoms with Crippen molar-refractivity contribution in [2.75, 3.05) is 24.2 Å². The fourth-order valence-electron chi connectivity index (χ4n) is 1.35. The maximum atomic E-state index is 11.4. The first-order valence-electron chi connectivity index (χ1n) is 5.10. The molecule has 4 nitrogen and oxygen atoms in total. The lowest BCUT2D eigenvalue weighted by Gasteiger charge is -2.18. The van der Waals surface area contributed by atoms with Crippen molar-refractivity contribution in [2.24, 2.45) is 5.73 Å². The molecule has 0 bridgehead atoms. The lowest BCUT2D eigenvalue weighted by atomic mass is 10.0. The van der Waals surface area contributed by atoms with Gasteiger partial charge in [0.15, 0.2) is 0 Å². The summed E-state index contributed by atoms with van der Waals surface area (Å²) in [5, 5.41) is 0. The lowest BCUT2D eigenvalue weighted by molar-refractivity contribution is 0.600. The maximum Gasteiger partial charge on any atom is 0.231 e. The molecule has 0 saturated carbocycles. The number of hydrogen-bond donors (Lipinski definition) is 1. The monoisotopic (exact) mass is 242 g/mol. The summed E-state index contributed by atoms with van der Waals surface area (Å²) in [4.78, 5) is 0. The number of rotatable bonds is 4. The van der Waals surface area contributed by atoms with E-state index < -0.39 is 10.0 Å². The summed E-state index contributed by atoms with van der Waals surface area (Å²) < 4.78 is 24.0. The van der Waals surface area contributed by atoms with E-state index in [1.165, 1.54) is 10.6 Å². The van der Waals surface area contributed by atoms with E-state index in [1.807, 2.05) is 25.1 Å². The van der Waals surface area contributed by atoms with Crippen molar-refractivity contribution in [1.82, 2.24) is 0 Å². The summed E-state index contributed by atoms with van der Waals surface area (Å²) in [5.74, 6) is 0.230. The molecule has 2 N–H and O–H groups in total. The molecule has 1 rings (SSSR count). The Morgan fingerprint density at radius 3 is 2.56 bits per heavy atom. The minimum absolute atomic E-state index is 0.230. The van der Waals surface area contributed by atoms with Gasteiger partial charge in [-0.1, -0.05) is 19.1 Å². The number of hydrogen-bond acceptors (Lipinski definition) is 3. The number of nitrogens with two attached hydrogens (primary N) is 1. The predicted octanol–water partition coefficient (Wildman–Crippen LogP) is 1.14. The van der Waals surface area contributed by atoms with Crippen LogP contribution >= 0.6 is 0 Å². The average Bonchev–Trinajstić information content (AvgIpc) is 2.26. The van der Waals surface area contributed by atoms with Crippen LogP contribution in [-0.4, -0.2) is 28.3 Å². The van der Waals surface area contributed by atoms with Gasteiger partial charge in [-0.2, -0.15) is 0 Å². The molecule has 0 saturated heterocycles. The highest BCUT2D eigenvalue weighted by atomic mass is 32.2. The third kappa shape index (κ3) is 2.96. The smallest absolute Gasteiger partial charge is 0.231 e. The normalized spacial score (nSPS) is 13.5. The SMILES string of the molecule is CC(CN)c1cccc(N(C)S(C)(=O)=O)c1. The zero-order chi connectivity index (χ0) is 12.3. The van der Waals surface area contributed by atoms with Gasteiger partial charge in [0.05, 0.1) is 11.9 Å². The average molecular weight is 242 g/mol. The molecule has 0 aliphatic carbocycles. The van der Waals surface area contributed by atoms with Gasteiger partial charge in [0.1, 0.15) is 0 Å². The highest BCUT2D eigenvalue weighted by Crippen LogP contribution is 2.21. The van der Waals surface area contributed by atoms with Crippen LogP contribution in [0, 0.1) is 0 Å². The molecule has 0 aliphatic rings. The highest BCUT2D eigenvalue weighted by Gasteiger charge is 2.13. The molecule has 0 radical (unpaired) electrons. The summed E-state index contributed by atoms with van der Waals surface area (Å²) in [7, 11) is -1.66. The van der Waals surface area contributed by atoms with E-state index in [2.05, 4.69) is 0 Å². The minimum Gasteiger partial charge on any atom is -0.330 e. The Balaban J connectivity index is 3.08. The van der Waals surface area contributed by atoms with Gasteiger partial charge in [-0.05, 0) is 30.2 Å². The van der Waals surface area contributed by atoms with Crippen LogP contribution < -0.4 is 10.0 Å². The minimum atomic E-state index is -3.20. The molecule has 1 aromatic carbocycles. The molecule has 16 heavy (non-hydrogen) atoms. The molecule has 0 aromatic heterocycles. The summed E-state index contributed by atoms with van der Waals surface area (Å²) in [5.41, 5.74) is 7.30. The zero-order valence-electron chi connectivity index (χ0n) is 9.84. The van der Waals surface area contributed by atoms with Crippen LogP contribution in [0.15, 0.2) is 24.3 Å². The Kier molecular flexibility index (Phi) is 3.93. The van der Waals surface area contributed by atoms with Gasteiger partial charge >= 0.3 is 0 Å². The van der Waals surface area contributed by atoms with Gasteiger partial charge in [0, 0.05) is 7.05 Å². The molecule has 0 fully saturated rings. The lowest BCUT2D eigenvalue weighted by Crippen LogP contribution is -2.25. The van der Waals surface area contributed by atoms with Crippen molar-refractivity contribution < 1.29 is 8.42 Å². The second-order valence-electron chi connectivity index (χ2n) is 3.96. The van der Waals surface area contributed by atoms with Crippen molar-refractivity contribution in [1.29, 1.82) is 0 Å². The summed E-state index contributed by atoms with van der Waals surface area (Å²) in [6.07, 6.45) is 1.19. The quantitative estimate of drug-likeness (QED) is 0.861. The van der Waals surface area contributed by atoms with Crippen molar-refractivity contribution >= 4 is 15.7 Å². The van der Waals surface area contributed by atoms with Crippen LogP contribution in [0.3, 0.4) is 0 Å². The first-order chi connectivity index (χ1) is 7.36. The van der Waals surface area contributed by atoms with Gasteiger partial charge in [0.2, 0.25) is 10.0 Å². The van der Waals surface area contributed by atoms with Gasteiger partial charge in [-0.15, -0.1) is 0 Å². The van der Waals surface area contributed by atoms with E-state index in [4.69, 9.17) is 5.73 Å². The van der Waals surface area contributed by atoms with Gasteiger partial charge in [0.25, 0.3) is 0 Å². The van der Waals surface area contributed by atoms with Crippen LogP contribution in [-0.2, 0) is 10.0 Å². The number of anilines is 1. The Bertz CT molecular complexity index is 457. The first-order valence-corrected chi connectivity index (χ1v) is 6.95. The predicted molar refractivity (Wildman–Crippen MR) is 67.2 cm³/mol. The largest absolute Gasteiger partial charge is 0.330 e. The number of sulfonamides is 1. The molecule has 0 amide bonds. The molecule has 0 aliphatic heterocycles. The van der Waals surface area contributed by atoms with E-state index >= 15 is 0 Å². The van der Waals surface area contributed by atoms with Crippen LogP contribution in [0.4, 0.5) is 5.69 Å². The third-order valence-corrected chi connectivity index (χ3v) is 3.86. The van der Waals surface area contributed by atoms with E-state index in [9.17, 15) is 8.42 Å². The maximum absolute atomic E-state index is 11.4. The van der Waals surface area contributed by atoms with E-state index in [0.29, 0.717) is 12.2 Å². The van der Waals surface area contributed by atoms with Crippen molar-refractivity contribution in [3.8, 4) is 0 Å². The van der Waals surface area contributed by atoms with E-state index in [-0.39, 0.29) is 5.92 Å². The van der Waals surface area contributed by atoms with E-state index in [0.717, 1.165) is 5.56 Å². The van der Waals surface area contributed by atoms with Crippen LogP contribution in [0.5, 0.6) is 0 Å². The molecular formula is C11H18N2O2S. The fourth-order valence-corrected chi connectivity index (χ4v) is 1.85. The summed E-state index contributed by atoms with van der Waals surface area (Å²) in [6.45, 7) is 2.56. The highest BCUT2D eigenvalue weighted by molar-refractivity contribution is 7.92. The zero-order valence-corrected chi connectivity index (χ0v) is 10.7. The van der Waals surface area contributed by atoms with Gasteiger partial charge in [-0.3, -0.25) is 4.31 Å². The topological polar surface area (TPSA) is 63.4 Å². The second kappa shape index (κ2) is 4.84. The Labute approximate surface area is 97.1 Å². The van der Waals surface area contributed by atoms with Crippen molar-refractivity contribution in [3.63, 3.8) is 0 Å². The van der Waals surface area contributed by atoms with Crippen LogP contribution in [0.2, 0.25) is 0 Å². The number of nitrogens with zero attached hydrogens (tertiary/aromatic N) is 1. The molecule has 0 heterocycles. The second-order valence-corrected chi connectivity index (χ2v) is 5.98. The summed E-state index contributed by atoms with van der Waals surface area (Å²) in [6, 6.07) is 7.43. The fraction of sp³-hybridized carbons (Fsp3) is 0.455. The molecular weight excluding hydrogens is 224 g/mol. The van der Waals surface area contributed by atoms with Gasteiger partial charge in [-0.25, -0.2) is 8.42 Å². The standard InChI is InChI=1S/C11H18N2O2S/c1-9(8-12)10-5-4-6-11(7-10)13(2)16(3,14)15/h4-7,9H,8,12H2,1-3H3. The third-order valence-electron chi connectivity index (χ3n) is 2.65. The van der Waals surface area contributed by atoms with Crippen molar-refractivity contribution in [3.05, 3.63) is 29.8 Å². The Morgan fingerprint density at radius 1 is 1.44 bits per heavy atom. The molecule has 1 unspecified atom stereocenters. The molecule has 90 valence electrons. The molecule has 1 aromatic rings. The molecule has 0 spiro atoms. The molecule has 1 atom stereocenters. The van der Waals surface area contributed by atoms with Crippen LogP contribution in [0.25, 0.3) is 0 Å².